The summed E-state index contributed by atoms with van der Waals surface area (Å²) in [4.78, 5) is 19.2. The number of carbonyl (C=O) groups excluding carboxylic acids is 1. The molecule has 2 N–H and O–H groups in total. The number of benzene rings is 1. The lowest BCUT2D eigenvalue weighted by Gasteiger charge is -2.29. The Balaban J connectivity index is 1.55. The molecule has 1 aromatic carbocycles. The van der Waals surface area contributed by atoms with Gasteiger partial charge in [0, 0.05) is 32.3 Å². The molecule has 3 heterocycles. The van der Waals surface area contributed by atoms with Crippen molar-refractivity contribution >= 4 is 38.4 Å². The number of aromatic nitrogens is 1. The fourth-order valence-corrected chi connectivity index (χ4v) is 4.42. The van der Waals surface area contributed by atoms with Gasteiger partial charge in [0.05, 0.1) is 30.7 Å². The Morgan fingerprint density at radius 2 is 1.96 bits per heavy atom. The van der Waals surface area contributed by atoms with Crippen molar-refractivity contribution in [3.05, 3.63) is 12.1 Å². The highest BCUT2D eigenvalue weighted by atomic mass is 32.1. The molecule has 1 aromatic heterocycles. The molecule has 0 radical (unpaired) electrons. The molecule has 0 spiro atoms. The van der Waals surface area contributed by atoms with E-state index in [2.05, 4.69) is 26.6 Å². The van der Waals surface area contributed by atoms with Gasteiger partial charge in [-0.25, -0.2) is 9.78 Å². The van der Waals surface area contributed by atoms with Gasteiger partial charge in [-0.05, 0) is 25.0 Å². The number of methoxy groups -OCH3 is 1. The van der Waals surface area contributed by atoms with Gasteiger partial charge in [0.1, 0.15) is 11.3 Å². The van der Waals surface area contributed by atoms with Crippen LogP contribution < -0.4 is 20.3 Å². The highest BCUT2D eigenvalue weighted by molar-refractivity contribution is 7.23. The summed E-state index contributed by atoms with van der Waals surface area (Å²) >= 11 is 1.47. The van der Waals surface area contributed by atoms with E-state index in [4.69, 9.17) is 14.2 Å². The number of hydrogen-bond acceptors (Lipinski definition) is 7. The van der Waals surface area contributed by atoms with Crippen LogP contribution >= 0.6 is 11.3 Å². The van der Waals surface area contributed by atoms with E-state index in [1.807, 2.05) is 6.07 Å². The zero-order valence-electron chi connectivity index (χ0n) is 15.3. The molecule has 2 aliphatic rings. The molecule has 0 bridgehead atoms. The first-order valence-electron chi connectivity index (χ1n) is 9.20. The molecule has 146 valence electrons. The Bertz CT molecular complexity index is 800. The minimum Gasteiger partial charge on any atom is -0.494 e. The van der Waals surface area contributed by atoms with Crippen molar-refractivity contribution in [2.75, 3.05) is 56.8 Å². The molecule has 2 saturated heterocycles. The zero-order valence-corrected chi connectivity index (χ0v) is 16.1. The lowest BCUT2D eigenvalue weighted by molar-refractivity contribution is 0.0806. The van der Waals surface area contributed by atoms with Crippen LogP contribution in [0.3, 0.4) is 0 Å². The normalized spacial score (nSPS) is 18.5. The number of nitrogens with zero attached hydrogens (tertiary/aromatic N) is 2. The second-order valence-electron chi connectivity index (χ2n) is 6.57. The standard InChI is InChI=1S/C18H24N4O4S/c1-24-14-3-2-13(22-6-10-26-11-7-22)16-15(14)20-18(27-16)21-17(23)19-12-4-8-25-9-5-12/h2-3,12H,4-11H2,1H3,(H2,19,20,21,23). The number of anilines is 2. The maximum absolute atomic E-state index is 12.3. The lowest BCUT2D eigenvalue weighted by atomic mass is 10.1. The van der Waals surface area contributed by atoms with Crippen molar-refractivity contribution in [3.8, 4) is 5.75 Å². The fraction of sp³-hybridized carbons (Fsp3) is 0.556. The summed E-state index contributed by atoms with van der Waals surface area (Å²) in [5.74, 6) is 0.705. The van der Waals surface area contributed by atoms with E-state index in [9.17, 15) is 4.79 Å². The summed E-state index contributed by atoms with van der Waals surface area (Å²) in [7, 11) is 1.63. The van der Waals surface area contributed by atoms with Crippen molar-refractivity contribution in [2.45, 2.75) is 18.9 Å². The quantitative estimate of drug-likeness (QED) is 0.831. The maximum Gasteiger partial charge on any atom is 0.321 e. The topological polar surface area (TPSA) is 85.0 Å². The van der Waals surface area contributed by atoms with Gasteiger partial charge in [0.25, 0.3) is 0 Å². The molecule has 0 unspecified atom stereocenters. The summed E-state index contributed by atoms with van der Waals surface area (Å²) in [5, 5.41) is 6.44. The molecule has 0 atom stereocenters. The van der Waals surface area contributed by atoms with Gasteiger partial charge in [0.15, 0.2) is 5.13 Å². The van der Waals surface area contributed by atoms with Crippen molar-refractivity contribution in [2.24, 2.45) is 0 Å². The fourth-order valence-electron chi connectivity index (χ4n) is 3.40. The Morgan fingerprint density at radius 1 is 1.22 bits per heavy atom. The lowest BCUT2D eigenvalue weighted by Crippen LogP contribution is -2.41. The number of hydrogen-bond donors (Lipinski definition) is 2. The Hall–Kier alpha value is -2.10. The van der Waals surface area contributed by atoms with Crippen molar-refractivity contribution in [3.63, 3.8) is 0 Å². The van der Waals surface area contributed by atoms with Gasteiger partial charge < -0.3 is 24.4 Å². The molecule has 27 heavy (non-hydrogen) atoms. The number of ether oxygens (including phenoxy) is 3. The van der Waals surface area contributed by atoms with E-state index < -0.39 is 0 Å². The smallest absolute Gasteiger partial charge is 0.321 e. The molecule has 2 fully saturated rings. The van der Waals surface area contributed by atoms with Gasteiger partial charge in [0.2, 0.25) is 0 Å². The highest BCUT2D eigenvalue weighted by Gasteiger charge is 2.21. The van der Waals surface area contributed by atoms with Crippen LogP contribution in [0.4, 0.5) is 15.6 Å². The number of morpholine rings is 1. The number of fused-ring (bicyclic) bond motifs is 1. The first-order chi connectivity index (χ1) is 13.2. The number of nitrogens with one attached hydrogen (secondary N) is 2. The summed E-state index contributed by atoms with van der Waals surface area (Å²) in [5.41, 5.74) is 1.87. The summed E-state index contributed by atoms with van der Waals surface area (Å²) in [6.45, 7) is 4.48. The highest BCUT2D eigenvalue weighted by Crippen LogP contribution is 2.39. The predicted octanol–water partition coefficient (Wildman–Crippen LogP) is 2.44. The van der Waals surface area contributed by atoms with Crippen molar-refractivity contribution in [1.29, 1.82) is 0 Å². The Labute approximate surface area is 161 Å². The van der Waals surface area contributed by atoms with Crippen molar-refractivity contribution in [1.82, 2.24) is 10.3 Å². The van der Waals surface area contributed by atoms with Crippen molar-refractivity contribution < 1.29 is 19.0 Å². The number of carbonyl (C=O) groups is 1. The van der Waals surface area contributed by atoms with E-state index >= 15 is 0 Å². The SMILES string of the molecule is COc1ccc(N2CCOCC2)c2sc(NC(=O)NC3CCOCC3)nc12. The van der Waals surface area contributed by atoms with Crippen LogP contribution in [-0.4, -0.2) is 63.7 Å². The summed E-state index contributed by atoms with van der Waals surface area (Å²) in [6.07, 6.45) is 1.67. The van der Waals surface area contributed by atoms with Crippen LogP contribution in [0.1, 0.15) is 12.8 Å². The molecule has 0 saturated carbocycles. The number of urea groups is 1. The second-order valence-corrected chi connectivity index (χ2v) is 7.57. The monoisotopic (exact) mass is 392 g/mol. The van der Waals surface area contributed by atoms with E-state index in [1.54, 1.807) is 7.11 Å². The third-order valence-electron chi connectivity index (χ3n) is 4.83. The van der Waals surface area contributed by atoms with Gasteiger partial charge in [-0.3, -0.25) is 5.32 Å². The first kappa shape index (κ1) is 18.3. The van der Waals surface area contributed by atoms with Crippen LogP contribution in [0.5, 0.6) is 5.75 Å². The van der Waals surface area contributed by atoms with Gasteiger partial charge >= 0.3 is 6.03 Å². The van der Waals surface area contributed by atoms with Gasteiger partial charge in [-0.2, -0.15) is 0 Å². The van der Waals surface area contributed by atoms with Gasteiger partial charge in [-0.15, -0.1) is 0 Å². The van der Waals surface area contributed by atoms with Crippen LogP contribution in [0.2, 0.25) is 0 Å². The third-order valence-corrected chi connectivity index (χ3v) is 5.83. The molecule has 2 amide bonds. The van der Waals surface area contributed by atoms with E-state index in [1.165, 1.54) is 11.3 Å². The number of rotatable bonds is 4. The second kappa shape index (κ2) is 8.28. The molecular formula is C18H24N4O4S. The molecule has 9 heteroatoms. The first-order valence-corrected chi connectivity index (χ1v) is 10.0. The average molecular weight is 392 g/mol. The van der Waals surface area contributed by atoms with Crippen LogP contribution in [0.15, 0.2) is 12.1 Å². The van der Waals surface area contributed by atoms with Gasteiger partial charge in [-0.1, -0.05) is 11.3 Å². The maximum atomic E-state index is 12.3. The number of amides is 2. The summed E-state index contributed by atoms with van der Waals surface area (Å²) in [6, 6.07) is 3.90. The van der Waals surface area contributed by atoms with Crippen LogP contribution in [-0.2, 0) is 9.47 Å². The minimum absolute atomic E-state index is 0.145. The third kappa shape index (κ3) is 4.10. The molecule has 2 aromatic rings. The van der Waals surface area contributed by atoms with Crippen LogP contribution in [0.25, 0.3) is 10.2 Å². The Morgan fingerprint density at radius 3 is 2.70 bits per heavy atom. The molecule has 4 rings (SSSR count). The van der Waals surface area contributed by atoms with E-state index in [0.717, 1.165) is 41.8 Å². The predicted molar refractivity (Wildman–Crippen MR) is 105 cm³/mol. The zero-order chi connectivity index (χ0) is 18.6. The van der Waals surface area contributed by atoms with E-state index in [-0.39, 0.29) is 12.1 Å². The summed E-state index contributed by atoms with van der Waals surface area (Å²) < 4.78 is 17.3. The molecule has 8 nitrogen and oxygen atoms in total. The molecule has 0 aliphatic carbocycles. The molecular weight excluding hydrogens is 368 g/mol. The largest absolute Gasteiger partial charge is 0.494 e. The minimum atomic E-state index is -0.229. The average Bonchev–Trinajstić information content (AvgIpc) is 3.12. The Kier molecular flexibility index (Phi) is 5.61. The van der Waals surface area contributed by atoms with Crippen LogP contribution in [0, 0.1) is 0 Å². The number of thiazole rings is 1. The molecule has 2 aliphatic heterocycles. The van der Waals surface area contributed by atoms with E-state index in [0.29, 0.717) is 37.3 Å².